The smallest absolute Gasteiger partial charge is 0.247 e. The van der Waals surface area contributed by atoms with Crippen LogP contribution in [0.5, 0.6) is 11.5 Å². The van der Waals surface area contributed by atoms with E-state index in [-0.39, 0.29) is 41.8 Å². The van der Waals surface area contributed by atoms with Crippen molar-refractivity contribution in [3.8, 4) is 11.5 Å². The molecule has 1 heterocycles. The molecule has 1 saturated carbocycles. The molecule has 0 radical (unpaired) electrons. The molecule has 1 aliphatic rings. The number of nitrogens with one attached hydrogen (secondary N) is 1. The Morgan fingerprint density at radius 2 is 2.07 bits per heavy atom. The van der Waals surface area contributed by atoms with Gasteiger partial charge < -0.3 is 20.1 Å². The van der Waals surface area contributed by atoms with Gasteiger partial charge in [0.2, 0.25) is 11.8 Å². The van der Waals surface area contributed by atoms with E-state index in [2.05, 4.69) is 5.32 Å². The minimum Gasteiger partial charge on any atom is -0.504 e. The number of aromatic hydroxyl groups is 1. The van der Waals surface area contributed by atoms with Crippen LogP contribution in [0.1, 0.15) is 48.6 Å². The molecule has 1 aliphatic carbocycles. The maximum Gasteiger partial charge on any atom is 0.247 e. The summed E-state index contributed by atoms with van der Waals surface area (Å²) < 4.78 is 5.23. The van der Waals surface area contributed by atoms with Gasteiger partial charge in [0.05, 0.1) is 13.7 Å². The third kappa shape index (κ3) is 5.46. The van der Waals surface area contributed by atoms with Crippen molar-refractivity contribution >= 4 is 34.8 Å². The van der Waals surface area contributed by atoms with Crippen LogP contribution in [0.15, 0.2) is 35.7 Å². The van der Waals surface area contributed by atoms with E-state index in [1.807, 2.05) is 17.5 Å². The van der Waals surface area contributed by atoms with E-state index in [4.69, 9.17) is 16.3 Å². The molecule has 30 heavy (non-hydrogen) atoms. The van der Waals surface area contributed by atoms with Crippen LogP contribution in [0.25, 0.3) is 0 Å². The number of phenolic OH excluding ortho intramolecular Hbond substituents is 1. The Morgan fingerprint density at radius 1 is 1.30 bits per heavy atom. The van der Waals surface area contributed by atoms with Gasteiger partial charge >= 0.3 is 0 Å². The molecule has 8 heteroatoms. The minimum atomic E-state index is -0.880. The third-order valence-corrected chi connectivity index (χ3v) is 6.46. The number of halogens is 1. The molecular formula is C22H27ClN2O4S. The second-order valence-corrected chi connectivity index (χ2v) is 8.71. The van der Waals surface area contributed by atoms with Crippen molar-refractivity contribution in [3.05, 3.63) is 46.2 Å². The van der Waals surface area contributed by atoms with Gasteiger partial charge in [0.15, 0.2) is 11.5 Å². The molecule has 0 bridgehead atoms. The summed E-state index contributed by atoms with van der Waals surface area (Å²) in [6, 6.07) is 7.77. The number of amides is 2. The van der Waals surface area contributed by atoms with E-state index in [9.17, 15) is 14.7 Å². The summed E-state index contributed by atoms with van der Waals surface area (Å²) in [4.78, 5) is 28.7. The molecule has 2 amide bonds. The fourth-order valence-corrected chi connectivity index (χ4v) is 4.69. The SMILES string of the molecule is COc1cc([C@H](C(=O)NC2CCCCC2)N(Cc2cccs2)C(=O)CCl)ccc1O. The lowest BCUT2D eigenvalue weighted by Gasteiger charge is -2.33. The summed E-state index contributed by atoms with van der Waals surface area (Å²) in [5.74, 6) is -0.586. The van der Waals surface area contributed by atoms with Crippen LogP contribution in [-0.2, 0) is 16.1 Å². The Kier molecular flexibility index (Phi) is 7.99. The number of thiophene rings is 1. The summed E-state index contributed by atoms with van der Waals surface area (Å²) in [5.41, 5.74) is 0.563. The number of benzene rings is 1. The molecule has 162 valence electrons. The first-order valence-corrected chi connectivity index (χ1v) is 11.5. The van der Waals surface area contributed by atoms with E-state index in [1.54, 1.807) is 12.1 Å². The van der Waals surface area contributed by atoms with Crippen molar-refractivity contribution in [1.82, 2.24) is 10.2 Å². The van der Waals surface area contributed by atoms with Crippen LogP contribution < -0.4 is 10.1 Å². The largest absolute Gasteiger partial charge is 0.504 e. The van der Waals surface area contributed by atoms with Crippen LogP contribution >= 0.6 is 22.9 Å². The predicted octanol–water partition coefficient (Wildman–Crippen LogP) is 4.22. The minimum absolute atomic E-state index is 0.0267. The van der Waals surface area contributed by atoms with Gasteiger partial charge in [-0.05, 0) is 42.0 Å². The number of alkyl halides is 1. The maximum absolute atomic E-state index is 13.4. The average Bonchev–Trinajstić information content (AvgIpc) is 3.27. The van der Waals surface area contributed by atoms with Gasteiger partial charge in [-0.25, -0.2) is 0 Å². The molecule has 0 unspecified atom stereocenters. The van der Waals surface area contributed by atoms with E-state index in [1.165, 1.54) is 35.8 Å². The molecule has 1 atom stereocenters. The summed E-state index contributed by atoms with van der Waals surface area (Å²) in [7, 11) is 1.45. The van der Waals surface area contributed by atoms with Crippen molar-refractivity contribution < 1.29 is 19.4 Å². The predicted molar refractivity (Wildman–Crippen MR) is 118 cm³/mol. The van der Waals surface area contributed by atoms with Crippen LogP contribution in [0, 0.1) is 0 Å². The molecular weight excluding hydrogens is 424 g/mol. The number of carbonyl (C=O) groups is 2. The third-order valence-electron chi connectivity index (χ3n) is 5.37. The monoisotopic (exact) mass is 450 g/mol. The number of hydrogen-bond acceptors (Lipinski definition) is 5. The second-order valence-electron chi connectivity index (χ2n) is 7.41. The molecule has 3 rings (SSSR count). The molecule has 2 aromatic rings. The van der Waals surface area contributed by atoms with Gasteiger partial charge in [0, 0.05) is 10.9 Å². The van der Waals surface area contributed by atoms with E-state index < -0.39 is 6.04 Å². The van der Waals surface area contributed by atoms with Gasteiger partial charge in [-0.3, -0.25) is 9.59 Å². The quantitative estimate of drug-likeness (QED) is 0.590. The van der Waals surface area contributed by atoms with Gasteiger partial charge in [-0.1, -0.05) is 31.4 Å². The van der Waals surface area contributed by atoms with Crippen molar-refractivity contribution in [2.24, 2.45) is 0 Å². The second kappa shape index (κ2) is 10.7. The standard InChI is InChI=1S/C22H27ClN2O4S/c1-29-19-12-15(9-10-18(19)26)21(22(28)24-16-6-3-2-4-7-16)25(20(27)13-23)14-17-8-5-11-30-17/h5,8-12,16,21,26H,2-4,6-7,13-14H2,1H3,(H,24,28)/t21-/m1/s1. The molecule has 0 aliphatic heterocycles. The lowest BCUT2D eigenvalue weighted by atomic mass is 9.94. The van der Waals surface area contributed by atoms with Gasteiger partial charge in [0.1, 0.15) is 11.9 Å². The Bertz CT molecular complexity index is 853. The Balaban J connectivity index is 1.97. The zero-order valence-corrected chi connectivity index (χ0v) is 18.5. The fraction of sp³-hybridized carbons (Fsp3) is 0.455. The number of phenols is 1. The number of hydrogen-bond donors (Lipinski definition) is 2. The molecule has 2 N–H and O–H groups in total. The fourth-order valence-electron chi connectivity index (χ4n) is 3.83. The number of nitrogens with zero attached hydrogens (tertiary/aromatic N) is 1. The van der Waals surface area contributed by atoms with E-state index in [0.29, 0.717) is 5.56 Å². The number of carbonyl (C=O) groups excluding carboxylic acids is 2. The normalized spacial score (nSPS) is 15.4. The number of ether oxygens (including phenoxy) is 1. The van der Waals surface area contributed by atoms with Crippen LogP contribution in [0.4, 0.5) is 0 Å². The van der Waals surface area contributed by atoms with Gasteiger partial charge in [0.25, 0.3) is 0 Å². The van der Waals surface area contributed by atoms with Crippen LogP contribution in [0.2, 0.25) is 0 Å². The van der Waals surface area contributed by atoms with Gasteiger partial charge in [-0.2, -0.15) is 0 Å². The number of methoxy groups -OCH3 is 1. The Labute approximate surface area is 185 Å². The van der Waals surface area contributed by atoms with Crippen LogP contribution in [-0.4, -0.2) is 40.9 Å². The lowest BCUT2D eigenvalue weighted by Crippen LogP contribution is -2.47. The molecule has 1 aromatic carbocycles. The Morgan fingerprint density at radius 3 is 2.70 bits per heavy atom. The van der Waals surface area contributed by atoms with E-state index >= 15 is 0 Å². The summed E-state index contributed by atoms with van der Waals surface area (Å²) in [6.07, 6.45) is 5.22. The van der Waals surface area contributed by atoms with Crippen molar-refractivity contribution in [2.45, 2.75) is 50.7 Å². The zero-order chi connectivity index (χ0) is 21.5. The highest BCUT2D eigenvalue weighted by Gasteiger charge is 2.33. The Hall–Kier alpha value is -2.25. The van der Waals surface area contributed by atoms with Crippen molar-refractivity contribution in [2.75, 3.05) is 13.0 Å². The van der Waals surface area contributed by atoms with E-state index in [0.717, 1.165) is 30.6 Å². The number of rotatable bonds is 8. The molecule has 6 nitrogen and oxygen atoms in total. The summed E-state index contributed by atoms with van der Waals surface area (Å²) in [5, 5.41) is 15.1. The van der Waals surface area contributed by atoms with Crippen molar-refractivity contribution in [1.29, 1.82) is 0 Å². The first-order chi connectivity index (χ1) is 14.5. The first-order valence-electron chi connectivity index (χ1n) is 10.1. The zero-order valence-electron chi connectivity index (χ0n) is 17.0. The van der Waals surface area contributed by atoms with Crippen LogP contribution in [0.3, 0.4) is 0 Å². The molecule has 1 fully saturated rings. The highest BCUT2D eigenvalue weighted by Crippen LogP contribution is 2.33. The molecule has 0 saturated heterocycles. The average molecular weight is 451 g/mol. The van der Waals surface area contributed by atoms with Gasteiger partial charge in [-0.15, -0.1) is 22.9 Å². The lowest BCUT2D eigenvalue weighted by molar-refractivity contribution is -0.140. The highest BCUT2D eigenvalue weighted by atomic mass is 35.5. The topological polar surface area (TPSA) is 78.9 Å². The first kappa shape index (κ1) is 22.4. The summed E-state index contributed by atoms with van der Waals surface area (Å²) >= 11 is 7.43. The maximum atomic E-state index is 13.4. The molecule has 1 aromatic heterocycles. The summed E-state index contributed by atoms with van der Waals surface area (Å²) in [6.45, 7) is 0.273. The molecule has 0 spiro atoms. The highest BCUT2D eigenvalue weighted by molar-refractivity contribution is 7.09. The van der Waals surface area contributed by atoms with Crippen molar-refractivity contribution in [3.63, 3.8) is 0 Å².